The fraction of sp³-hybridized carbons (Fsp3) is 0.682. The summed E-state index contributed by atoms with van der Waals surface area (Å²) in [6.45, 7) is 12.1. The molecule has 0 amide bonds. The van der Waals surface area contributed by atoms with Gasteiger partial charge in [-0.2, -0.15) is 0 Å². The minimum Gasteiger partial charge on any atom is -0.357 e. The van der Waals surface area contributed by atoms with Crippen molar-refractivity contribution in [1.82, 2.24) is 20.4 Å². The summed E-state index contributed by atoms with van der Waals surface area (Å²) in [5.41, 5.74) is 1.75. The zero-order chi connectivity index (χ0) is 20.5. The average Bonchev–Trinajstić information content (AvgIpc) is 2.63. The van der Waals surface area contributed by atoms with Crippen LogP contribution in [0.2, 0.25) is 0 Å². The van der Waals surface area contributed by atoms with E-state index in [-0.39, 0.29) is 29.8 Å². The molecule has 0 spiro atoms. The number of likely N-dealkylation sites (tertiary alicyclic amines) is 1. The maximum atomic E-state index is 14.0. The maximum absolute atomic E-state index is 14.0. The second-order valence-electron chi connectivity index (χ2n) is 8.47. The van der Waals surface area contributed by atoms with Crippen LogP contribution in [-0.4, -0.2) is 62.1 Å². The first-order valence-electron chi connectivity index (χ1n) is 10.6. The van der Waals surface area contributed by atoms with Gasteiger partial charge in [-0.25, -0.2) is 9.38 Å². The molecule has 1 aromatic rings. The predicted molar refractivity (Wildman–Crippen MR) is 131 cm³/mol. The van der Waals surface area contributed by atoms with Crippen molar-refractivity contribution in [1.29, 1.82) is 0 Å². The second kappa shape index (κ2) is 13.4. The molecule has 2 rings (SSSR count). The van der Waals surface area contributed by atoms with Gasteiger partial charge in [0, 0.05) is 44.3 Å². The SMILES string of the molecule is CCNC(=NCc1ccc(F)c(CN(C)C)c1)NC1CCN(CC(C)C)CC1.I. The average molecular weight is 519 g/mol. The van der Waals surface area contributed by atoms with Gasteiger partial charge in [0.2, 0.25) is 0 Å². The van der Waals surface area contributed by atoms with Crippen molar-refractivity contribution in [3.63, 3.8) is 0 Å². The number of piperidine rings is 1. The van der Waals surface area contributed by atoms with E-state index in [9.17, 15) is 4.39 Å². The number of rotatable bonds is 8. The molecule has 0 unspecified atom stereocenters. The molecule has 29 heavy (non-hydrogen) atoms. The zero-order valence-corrected chi connectivity index (χ0v) is 21.0. The van der Waals surface area contributed by atoms with Crippen molar-refractivity contribution >= 4 is 29.9 Å². The van der Waals surface area contributed by atoms with Gasteiger partial charge in [0.25, 0.3) is 0 Å². The minimum absolute atomic E-state index is 0. The number of nitrogens with zero attached hydrogens (tertiary/aromatic N) is 3. The summed E-state index contributed by atoms with van der Waals surface area (Å²) in [5, 5.41) is 6.93. The highest BCUT2D eigenvalue weighted by Crippen LogP contribution is 2.14. The summed E-state index contributed by atoms with van der Waals surface area (Å²) >= 11 is 0. The van der Waals surface area contributed by atoms with Crippen LogP contribution in [-0.2, 0) is 13.1 Å². The van der Waals surface area contributed by atoms with Crippen molar-refractivity contribution in [2.24, 2.45) is 10.9 Å². The Morgan fingerprint density at radius 3 is 2.55 bits per heavy atom. The van der Waals surface area contributed by atoms with E-state index in [4.69, 9.17) is 4.99 Å². The molecule has 1 aliphatic heterocycles. The number of aliphatic imine (C=N–C) groups is 1. The Bertz CT molecular complexity index is 628. The van der Waals surface area contributed by atoms with Crippen molar-refractivity contribution < 1.29 is 4.39 Å². The van der Waals surface area contributed by atoms with E-state index in [1.54, 1.807) is 6.07 Å². The fourth-order valence-electron chi connectivity index (χ4n) is 3.65. The number of benzene rings is 1. The lowest BCUT2D eigenvalue weighted by Gasteiger charge is -2.34. The Labute approximate surface area is 193 Å². The lowest BCUT2D eigenvalue weighted by molar-refractivity contribution is 0.187. The molecule has 5 nitrogen and oxygen atoms in total. The molecule has 1 heterocycles. The quantitative estimate of drug-likeness (QED) is 0.313. The number of hydrogen-bond donors (Lipinski definition) is 2. The highest BCUT2D eigenvalue weighted by molar-refractivity contribution is 14.0. The van der Waals surface area contributed by atoms with E-state index >= 15 is 0 Å². The van der Waals surface area contributed by atoms with Crippen LogP contribution in [0, 0.1) is 11.7 Å². The molecule has 0 saturated carbocycles. The van der Waals surface area contributed by atoms with Crippen LogP contribution in [0.15, 0.2) is 23.2 Å². The first-order valence-corrected chi connectivity index (χ1v) is 10.6. The Morgan fingerprint density at radius 2 is 1.97 bits per heavy atom. The van der Waals surface area contributed by atoms with Gasteiger partial charge >= 0.3 is 0 Å². The van der Waals surface area contributed by atoms with E-state index in [1.165, 1.54) is 6.54 Å². The third-order valence-corrected chi connectivity index (χ3v) is 4.91. The van der Waals surface area contributed by atoms with Crippen molar-refractivity contribution in [3.8, 4) is 0 Å². The summed E-state index contributed by atoms with van der Waals surface area (Å²) in [5.74, 6) is 1.42. The van der Waals surface area contributed by atoms with Crippen LogP contribution in [0.3, 0.4) is 0 Å². The molecule has 0 radical (unpaired) electrons. The summed E-state index contributed by atoms with van der Waals surface area (Å²) < 4.78 is 14.0. The molecule has 0 atom stereocenters. The first-order chi connectivity index (χ1) is 13.4. The Kier molecular flexibility index (Phi) is 12.1. The van der Waals surface area contributed by atoms with Gasteiger partial charge in [0.15, 0.2) is 5.96 Å². The highest BCUT2D eigenvalue weighted by atomic mass is 127. The normalized spacial score (nSPS) is 16.2. The van der Waals surface area contributed by atoms with Crippen LogP contribution < -0.4 is 10.6 Å². The molecule has 166 valence electrons. The van der Waals surface area contributed by atoms with E-state index in [0.717, 1.165) is 49.9 Å². The van der Waals surface area contributed by atoms with Gasteiger partial charge in [-0.1, -0.05) is 19.9 Å². The molecule has 1 fully saturated rings. The smallest absolute Gasteiger partial charge is 0.191 e. The highest BCUT2D eigenvalue weighted by Gasteiger charge is 2.20. The van der Waals surface area contributed by atoms with Crippen LogP contribution in [0.25, 0.3) is 0 Å². The van der Waals surface area contributed by atoms with Gasteiger partial charge in [-0.3, -0.25) is 0 Å². The Balaban J connectivity index is 0.00000420. The summed E-state index contributed by atoms with van der Waals surface area (Å²) in [4.78, 5) is 9.27. The monoisotopic (exact) mass is 519 g/mol. The zero-order valence-electron chi connectivity index (χ0n) is 18.7. The third kappa shape index (κ3) is 9.61. The van der Waals surface area contributed by atoms with Crippen molar-refractivity contribution in [2.45, 2.75) is 52.7 Å². The molecule has 1 aliphatic rings. The third-order valence-electron chi connectivity index (χ3n) is 4.91. The van der Waals surface area contributed by atoms with Gasteiger partial charge < -0.3 is 20.4 Å². The van der Waals surface area contributed by atoms with Crippen LogP contribution in [0.4, 0.5) is 4.39 Å². The van der Waals surface area contributed by atoms with E-state index in [1.807, 2.05) is 31.1 Å². The predicted octanol–water partition coefficient (Wildman–Crippen LogP) is 3.68. The molecule has 0 bridgehead atoms. The van der Waals surface area contributed by atoms with E-state index in [2.05, 4.69) is 36.3 Å². The standard InChI is InChI=1S/C22H38FN5.HI/c1-6-24-22(26-20-9-11-28(12-10-20)15-17(2)3)25-14-18-7-8-21(23)19(13-18)16-27(4)5;/h7-8,13,17,20H,6,9-12,14-16H2,1-5H3,(H2,24,25,26);1H. The van der Waals surface area contributed by atoms with Gasteiger partial charge in [0.1, 0.15) is 5.82 Å². The van der Waals surface area contributed by atoms with Gasteiger partial charge in [-0.05, 0) is 57.5 Å². The van der Waals surface area contributed by atoms with E-state index in [0.29, 0.717) is 24.7 Å². The first kappa shape index (κ1) is 26.1. The Hall–Kier alpha value is -0.930. The minimum atomic E-state index is -0.153. The van der Waals surface area contributed by atoms with Gasteiger partial charge in [0.05, 0.1) is 6.54 Å². The van der Waals surface area contributed by atoms with Crippen molar-refractivity contribution in [3.05, 3.63) is 35.1 Å². The molecular formula is C22H39FIN5. The van der Waals surface area contributed by atoms with Crippen LogP contribution >= 0.6 is 24.0 Å². The summed E-state index contributed by atoms with van der Waals surface area (Å²) in [6, 6.07) is 5.76. The lowest BCUT2D eigenvalue weighted by atomic mass is 10.0. The number of halogens is 2. The van der Waals surface area contributed by atoms with E-state index < -0.39 is 0 Å². The molecule has 1 aromatic carbocycles. The Morgan fingerprint density at radius 1 is 1.28 bits per heavy atom. The number of hydrogen-bond acceptors (Lipinski definition) is 3. The molecule has 7 heteroatoms. The fourth-order valence-corrected chi connectivity index (χ4v) is 3.65. The molecule has 0 aliphatic carbocycles. The molecule has 1 saturated heterocycles. The summed E-state index contributed by atoms with van der Waals surface area (Å²) in [6.07, 6.45) is 2.28. The van der Waals surface area contributed by atoms with Crippen molar-refractivity contribution in [2.75, 3.05) is 40.3 Å². The molecule has 0 aromatic heterocycles. The van der Waals surface area contributed by atoms with Gasteiger partial charge in [-0.15, -0.1) is 24.0 Å². The lowest BCUT2D eigenvalue weighted by Crippen LogP contribution is -2.49. The topological polar surface area (TPSA) is 42.9 Å². The number of nitrogens with one attached hydrogen (secondary N) is 2. The number of guanidine groups is 1. The largest absolute Gasteiger partial charge is 0.357 e. The van der Waals surface area contributed by atoms with Crippen LogP contribution in [0.5, 0.6) is 0 Å². The second-order valence-corrected chi connectivity index (χ2v) is 8.47. The van der Waals surface area contributed by atoms with Crippen LogP contribution in [0.1, 0.15) is 44.7 Å². The molecular weight excluding hydrogens is 480 g/mol. The maximum Gasteiger partial charge on any atom is 0.191 e. The summed E-state index contributed by atoms with van der Waals surface area (Å²) in [7, 11) is 3.90. The molecule has 2 N–H and O–H groups in total.